The Balaban J connectivity index is 2.45. The van der Waals surface area contributed by atoms with Crippen molar-refractivity contribution >= 4 is 23.7 Å². The van der Waals surface area contributed by atoms with E-state index in [4.69, 9.17) is 11.6 Å². The number of rotatable bonds is 3. The van der Waals surface area contributed by atoms with E-state index < -0.39 is 5.82 Å². The SMILES string of the molecule is O=Cc1cc(Cl)ccc1C(=O)c1ccc(F)cc1. The van der Waals surface area contributed by atoms with Gasteiger partial charge in [-0.2, -0.15) is 0 Å². The van der Waals surface area contributed by atoms with Gasteiger partial charge in [-0.25, -0.2) is 4.39 Å². The Bertz CT molecular complexity index is 606. The van der Waals surface area contributed by atoms with Gasteiger partial charge in [0.2, 0.25) is 0 Å². The van der Waals surface area contributed by atoms with Gasteiger partial charge in [-0.1, -0.05) is 11.6 Å². The third-order valence-corrected chi connectivity index (χ3v) is 2.73. The third kappa shape index (κ3) is 2.46. The fourth-order valence-corrected chi connectivity index (χ4v) is 1.78. The number of carbonyl (C=O) groups excluding carboxylic acids is 2. The van der Waals surface area contributed by atoms with Gasteiger partial charge in [-0.15, -0.1) is 0 Å². The van der Waals surface area contributed by atoms with Gasteiger partial charge in [-0.05, 0) is 42.5 Å². The number of aldehydes is 1. The predicted octanol–water partition coefficient (Wildman–Crippen LogP) is 3.52. The van der Waals surface area contributed by atoms with Gasteiger partial charge in [0.15, 0.2) is 12.1 Å². The van der Waals surface area contributed by atoms with Crippen molar-refractivity contribution in [2.45, 2.75) is 0 Å². The van der Waals surface area contributed by atoms with Gasteiger partial charge in [0.25, 0.3) is 0 Å². The molecule has 0 saturated heterocycles. The summed E-state index contributed by atoms with van der Waals surface area (Å²) in [6, 6.07) is 9.59. The highest BCUT2D eigenvalue weighted by Gasteiger charge is 2.13. The lowest BCUT2D eigenvalue weighted by Gasteiger charge is -2.04. The zero-order chi connectivity index (χ0) is 13.1. The zero-order valence-electron chi connectivity index (χ0n) is 9.19. The first kappa shape index (κ1) is 12.5. The first-order chi connectivity index (χ1) is 8.61. The molecule has 0 unspecified atom stereocenters. The minimum Gasteiger partial charge on any atom is -0.298 e. The molecule has 0 fully saturated rings. The normalized spacial score (nSPS) is 10.1. The topological polar surface area (TPSA) is 34.1 Å². The molecule has 2 nitrogen and oxygen atoms in total. The maximum Gasteiger partial charge on any atom is 0.193 e. The highest BCUT2D eigenvalue weighted by Crippen LogP contribution is 2.18. The third-order valence-electron chi connectivity index (χ3n) is 2.49. The second-order valence-corrected chi connectivity index (χ2v) is 4.12. The Hall–Kier alpha value is -2.00. The summed E-state index contributed by atoms with van der Waals surface area (Å²) in [7, 11) is 0. The molecule has 0 aliphatic rings. The number of benzene rings is 2. The van der Waals surface area contributed by atoms with E-state index in [2.05, 4.69) is 0 Å². The molecular formula is C14H8ClFO2. The number of ketones is 1. The van der Waals surface area contributed by atoms with E-state index in [9.17, 15) is 14.0 Å². The van der Waals surface area contributed by atoms with Crippen molar-refractivity contribution in [1.82, 2.24) is 0 Å². The zero-order valence-corrected chi connectivity index (χ0v) is 9.95. The number of hydrogen-bond acceptors (Lipinski definition) is 2. The van der Waals surface area contributed by atoms with E-state index >= 15 is 0 Å². The summed E-state index contributed by atoms with van der Waals surface area (Å²) in [5, 5.41) is 0.382. The molecule has 0 atom stereocenters. The smallest absolute Gasteiger partial charge is 0.193 e. The molecule has 0 aliphatic heterocycles. The van der Waals surface area contributed by atoms with Crippen molar-refractivity contribution in [1.29, 1.82) is 0 Å². The van der Waals surface area contributed by atoms with E-state index in [0.717, 1.165) is 0 Å². The van der Waals surface area contributed by atoms with Crippen molar-refractivity contribution in [3.8, 4) is 0 Å². The molecule has 0 aromatic heterocycles. The van der Waals surface area contributed by atoms with E-state index in [0.29, 0.717) is 16.9 Å². The van der Waals surface area contributed by atoms with Crippen LogP contribution in [0.4, 0.5) is 4.39 Å². The number of halogens is 2. The molecule has 0 aliphatic carbocycles. The summed E-state index contributed by atoms with van der Waals surface area (Å²) in [5.74, 6) is -0.757. The fraction of sp³-hybridized carbons (Fsp3) is 0. The number of hydrogen-bond donors (Lipinski definition) is 0. The Morgan fingerprint density at radius 2 is 1.78 bits per heavy atom. The lowest BCUT2D eigenvalue weighted by atomic mass is 9.99. The van der Waals surface area contributed by atoms with E-state index in [1.807, 2.05) is 0 Å². The van der Waals surface area contributed by atoms with Crippen LogP contribution in [0, 0.1) is 5.82 Å². The summed E-state index contributed by atoms with van der Waals surface area (Å²) in [6.45, 7) is 0. The molecule has 0 bridgehead atoms. The monoisotopic (exact) mass is 262 g/mol. The van der Waals surface area contributed by atoms with Crippen molar-refractivity contribution < 1.29 is 14.0 Å². The standard InChI is InChI=1S/C14H8ClFO2/c15-11-3-6-13(10(7-11)8-17)14(18)9-1-4-12(16)5-2-9/h1-8H. The van der Waals surface area contributed by atoms with Crippen molar-refractivity contribution in [3.63, 3.8) is 0 Å². The minimum atomic E-state index is -0.418. The summed E-state index contributed by atoms with van der Waals surface area (Å²) < 4.78 is 12.8. The van der Waals surface area contributed by atoms with E-state index in [1.54, 1.807) is 0 Å². The molecule has 0 amide bonds. The molecule has 18 heavy (non-hydrogen) atoms. The van der Waals surface area contributed by atoms with Gasteiger partial charge in [0.05, 0.1) is 0 Å². The Morgan fingerprint density at radius 1 is 1.11 bits per heavy atom. The Morgan fingerprint density at radius 3 is 2.39 bits per heavy atom. The number of carbonyl (C=O) groups is 2. The lowest BCUT2D eigenvalue weighted by Crippen LogP contribution is -2.05. The summed E-state index contributed by atoms with van der Waals surface area (Å²) in [6.07, 6.45) is 0.572. The molecule has 0 spiro atoms. The lowest BCUT2D eigenvalue weighted by molar-refractivity contribution is 0.102. The first-order valence-corrected chi connectivity index (χ1v) is 5.54. The van der Waals surface area contributed by atoms with Crippen LogP contribution in [0.2, 0.25) is 5.02 Å². The van der Waals surface area contributed by atoms with Crippen LogP contribution < -0.4 is 0 Å². The second-order valence-electron chi connectivity index (χ2n) is 3.69. The second kappa shape index (κ2) is 5.10. The van der Waals surface area contributed by atoms with Gasteiger partial charge in [-0.3, -0.25) is 9.59 Å². The average molecular weight is 263 g/mol. The minimum absolute atomic E-state index is 0.219. The summed E-state index contributed by atoms with van der Waals surface area (Å²) in [5.41, 5.74) is 0.791. The maximum atomic E-state index is 12.8. The Kier molecular flexibility index (Phi) is 3.53. The van der Waals surface area contributed by atoms with Gasteiger partial charge < -0.3 is 0 Å². The highest BCUT2D eigenvalue weighted by molar-refractivity contribution is 6.31. The van der Waals surface area contributed by atoms with Crippen LogP contribution in [0.15, 0.2) is 42.5 Å². The van der Waals surface area contributed by atoms with Crippen LogP contribution in [-0.2, 0) is 0 Å². The molecule has 90 valence electrons. The molecule has 0 saturated carbocycles. The van der Waals surface area contributed by atoms with Gasteiger partial charge >= 0.3 is 0 Å². The molecule has 0 radical (unpaired) electrons. The van der Waals surface area contributed by atoms with Crippen LogP contribution in [-0.4, -0.2) is 12.1 Å². The molecule has 0 N–H and O–H groups in total. The maximum absolute atomic E-state index is 12.8. The average Bonchev–Trinajstić information content (AvgIpc) is 2.38. The van der Waals surface area contributed by atoms with Crippen LogP contribution in [0.3, 0.4) is 0 Å². The highest BCUT2D eigenvalue weighted by atomic mass is 35.5. The Labute approximate surface area is 108 Å². The van der Waals surface area contributed by atoms with Gasteiger partial charge in [0.1, 0.15) is 5.82 Å². The molecule has 2 rings (SSSR count). The molecule has 4 heteroatoms. The molecule has 0 heterocycles. The largest absolute Gasteiger partial charge is 0.298 e. The van der Waals surface area contributed by atoms with Crippen molar-refractivity contribution in [2.24, 2.45) is 0 Å². The summed E-state index contributed by atoms with van der Waals surface area (Å²) in [4.78, 5) is 23.0. The quantitative estimate of drug-likeness (QED) is 0.626. The first-order valence-electron chi connectivity index (χ1n) is 5.17. The van der Waals surface area contributed by atoms with E-state index in [-0.39, 0.29) is 16.9 Å². The molecular weight excluding hydrogens is 255 g/mol. The molecule has 2 aromatic carbocycles. The van der Waals surface area contributed by atoms with Crippen LogP contribution >= 0.6 is 11.6 Å². The van der Waals surface area contributed by atoms with Crippen LogP contribution in [0.5, 0.6) is 0 Å². The fourth-order valence-electron chi connectivity index (χ4n) is 1.59. The van der Waals surface area contributed by atoms with Crippen LogP contribution in [0.25, 0.3) is 0 Å². The van der Waals surface area contributed by atoms with Crippen molar-refractivity contribution in [2.75, 3.05) is 0 Å². The summed E-state index contributed by atoms with van der Waals surface area (Å²) >= 11 is 5.75. The molecule has 2 aromatic rings. The van der Waals surface area contributed by atoms with Crippen LogP contribution in [0.1, 0.15) is 26.3 Å². The van der Waals surface area contributed by atoms with E-state index in [1.165, 1.54) is 42.5 Å². The van der Waals surface area contributed by atoms with Gasteiger partial charge in [0, 0.05) is 21.7 Å². The van der Waals surface area contributed by atoms with Crippen molar-refractivity contribution in [3.05, 3.63) is 70.0 Å². The predicted molar refractivity (Wildman–Crippen MR) is 66.7 cm³/mol.